The van der Waals surface area contributed by atoms with E-state index in [1.54, 1.807) is 0 Å². The van der Waals surface area contributed by atoms with Crippen LogP contribution in [0, 0.1) is 0 Å². The molecule has 1 N–H and O–H groups in total. The van der Waals surface area contributed by atoms with Crippen LogP contribution in [0.5, 0.6) is 11.5 Å². The maximum atomic E-state index is 10.7. The second kappa shape index (κ2) is 10.2. The number of hydrogen-bond donors (Lipinski definition) is 1. The lowest BCUT2D eigenvalue weighted by Crippen LogP contribution is -2.04. The van der Waals surface area contributed by atoms with Gasteiger partial charge in [0.05, 0.1) is 6.61 Å². The number of carbonyl (C=O) groups is 1. The molecule has 4 heteroatoms. The number of para-hydroxylation sites is 2. The third-order valence-electron chi connectivity index (χ3n) is 4.39. The van der Waals surface area contributed by atoms with Gasteiger partial charge in [0.25, 0.3) is 0 Å². The largest absolute Gasteiger partial charge is 0.489 e. The van der Waals surface area contributed by atoms with Gasteiger partial charge in [-0.15, -0.1) is 0 Å². The smallest absolute Gasteiger partial charge is 0.303 e. The van der Waals surface area contributed by atoms with E-state index in [1.165, 1.54) is 5.56 Å². The zero-order valence-electron chi connectivity index (χ0n) is 15.7. The maximum absolute atomic E-state index is 10.7. The predicted octanol–water partition coefficient (Wildman–Crippen LogP) is 4.90. The second-order valence-electron chi connectivity index (χ2n) is 6.53. The van der Waals surface area contributed by atoms with E-state index < -0.39 is 5.97 Å². The molecule has 0 amide bonds. The number of aliphatic carboxylic acids is 1. The van der Waals surface area contributed by atoms with E-state index in [0.717, 1.165) is 23.3 Å². The van der Waals surface area contributed by atoms with E-state index in [9.17, 15) is 4.79 Å². The highest BCUT2D eigenvalue weighted by Gasteiger charge is 2.06. The first-order valence-electron chi connectivity index (χ1n) is 9.39. The summed E-state index contributed by atoms with van der Waals surface area (Å²) in [6.07, 6.45) is 1.52. The minimum atomic E-state index is -0.781. The fourth-order valence-corrected chi connectivity index (χ4v) is 2.83. The number of hydrogen-bond acceptors (Lipinski definition) is 3. The maximum Gasteiger partial charge on any atom is 0.303 e. The summed E-state index contributed by atoms with van der Waals surface area (Å²) in [7, 11) is 0. The number of rotatable bonds is 10. The molecule has 0 saturated heterocycles. The molecule has 0 atom stereocenters. The van der Waals surface area contributed by atoms with Gasteiger partial charge in [0, 0.05) is 12.8 Å². The van der Waals surface area contributed by atoms with Crippen molar-refractivity contribution in [3.05, 3.63) is 95.6 Å². The number of carboxylic acids is 1. The lowest BCUT2D eigenvalue weighted by Gasteiger charge is -2.13. The predicted molar refractivity (Wildman–Crippen MR) is 109 cm³/mol. The van der Waals surface area contributed by atoms with E-state index in [0.29, 0.717) is 25.4 Å². The van der Waals surface area contributed by atoms with Crippen LogP contribution in [0.3, 0.4) is 0 Å². The van der Waals surface area contributed by atoms with Crippen LogP contribution < -0.4 is 9.47 Å². The number of benzene rings is 3. The normalized spacial score (nSPS) is 10.4. The zero-order chi connectivity index (χ0) is 19.6. The molecule has 144 valence electrons. The first-order valence-corrected chi connectivity index (χ1v) is 9.39. The summed E-state index contributed by atoms with van der Waals surface area (Å²) >= 11 is 0. The average Bonchev–Trinajstić information content (AvgIpc) is 2.73. The summed E-state index contributed by atoms with van der Waals surface area (Å²) in [6.45, 7) is 1.01. The quantitative estimate of drug-likeness (QED) is 0.546. The average molecular weight is 376 g/mol. The van der Waals surface area contributed by atoms with Crippen molar-refractivity contribution in [1.82, 2.24) is 0 Å². The molecule has 0 bridgehead atoms. The van der Waals surface area contributed by atoms with Gasteiger partial charge in [0.15, 0.2) is 11.5 Å². The van der Waals surface area contributed by atoms with Gasteiger partial charge in [-0.3, -0.25) is 4.79 Å². The monoisotopic (exact) mass is 376 g/mol. The first-order chi connectivity index (χ1) is 13.7. The van der Waals surface area contributed by atoms with Crippen LogP contribution in [-0.4, -0.2) is 17.7 Å². The Morgan fingerprint density at radius 3 is 1.93 bits per heavy atom. The molecule has 0 fully saturated rings. The van der Waals surface area contributed by atoms with Crippen LogP contribution in [0.25, 0.3) is 0 Å². The topological polar surface area (TPSA) is 55.8 Å². The third kappa shape index (κ3) is 6.16. The second-order valence-corrected chi connectivity index (χ2v) is 6.53. The molecule has 0 aliphatic carbocycles. The van der Waals surface area contributed by atoms with Crippen LogP contribution in [-0.2, 0) is 24.2 Å². The molecule has 3 aromatic carbocycles. The summed E-state index contributed by atoms with van der Waals surface area (Å²) in [5, 5.41) is 8.76. The molecule has 28 heavy (non-hydrogen) atoms. The van der Waals surface area contributed by atoms with Gasteiger partial charge in [0.2, 0.25) is 0 Å². The third-order valence-corrected chi connectivity index (χ3v) is 4.39. The van der Waals surface area contributed by atoms with Gasteiger partial charge < -0.3 is 14.6 Å². The molecule has 3 rings (SSSR count). The number of aryl methyl sites for hydroxylation is 1. The molecule has 0 aliphatic rings. The fourth-order valence-electron chi connectivity index (χ4n) is 2.83. The van der Waals surface area contributed by atoms with Gasteiger partial charge in [0.1, 0.15) is 6.61 Å². The Hall–Kier alpha value is -3.27. The van der Waals surface area contributed by atoms with Gasteiger partial charge in [-0.2, -0.15) is 0 Å². The Balaban J connectivity index is 1.52. The molecule has 0 aliphatic heterocycles. The van der Waals surface area contributed by atoms with Gasteiger partial charge in [-0.05, 0) is 35.2 Å². The summed E-state index contributed by atoms with van der Waals surface area (Å²) in [5.41, 5.74) is 3.28. The van der Waals surface area contributed by atoms with E-state index >= 15 is 0 Å². The van der Waals surface area contributed by atoms with Crippen LogP contribution in [0.15, 0.2) is 78.9 Å². The Morgan fingerprint density at radius 1 is 0.679 bits per heavy atom. The molecular formula is C24H24O4. The molecule has 0 spiro atoms. The van der Waals surface area contributed by atoms with Crippen molar-refractivity contribution in [3.63, 3.8) is 0 Å². The van der Waals surface area contributed by atoms with Crippen molar-refractivity contribution < 1.29 is 19.4 Å². The summed E-state index contributed by atoms with van der Waals surface area (Å²) in [5.74, 6) is 0.665. The molecular weight excluding hydrogens is 352 g/mol. The van der Waals surface area contributed by atoms with E-state index in [2.05, 4.69) is 12.1 Å². The van der Waals surface area contributed by atoms with E-state index in [-0.39, 0.29) is 6.42 Å². The van der Waals surface area contributed by atoms with Crippen molar-refractivity contribution in [3.8, 4) is 11.5 Å². The Kier molecular flexibility index (Phi) is 7.08. The number of ether oxygens (including phenoxy) is 2. The molecule has 0 aromatic heterocycles. The zero-order valence-corrected chi connectivity index (χ0v) is 15.7. The molecule has 0 heterocycles. The Morgan fingerprint density at radius 2 is 1.25 bits per heavy atom. The first kappa shape index (κ1) is 19.5. The SMILES string of the molecule is O=C(O)CCc1ccc(COc2ccccc2OCCc2ccccc2)cc1. The van der Waals surface area contributed by atoms with Crippen molar-refractivity contribution in [2.24, 2.45) is 0 Å². The number of carboxylic acid groups (broad SMARTS) is 1. The highest BCUT2D eigenvalue weighted by atomic mass is 16.5. The van der Waals surface area contributed by atoms with Crippen molar-refractivity contribution in [2.75, 3.05) is 6.61 Å². The van der Waals surface area contributed by atoms with Crippen molar-refractivity contribution in [2.45, 2.75) is 25.9 Å². The Bertz CT molecular complexity index is 873. The molecule has 0 saturated carbocycles. The molecule has 3 aromatic rings. The van der Waals surface area contributed by atoms with Gasteiger partial charge >= 0.3 is 5.97 Å². The lowest BCUT2D eigenvalue weighted by molar-refractivity contribution is -0.136. The minimum Gasteiger partial charge on any atom is -0.489 e. The van der Waals surface area contributed by atoms with Crippen LogP contribution in [0.2, 0.25) is 0 Å². The summed E-state index contributed by atoms with van der Waals surface area (Å²) in [6, 6.07) is 25.7. The van der Waals surface area contributed by atoms with E-state index in [4.69, 9.17) is 14.6 Å². The minimum absolute atomic E-state index is 0.142. The van der Waals surface area contributed by atoms with Crippen molar-refractivity contribution in [1.29, 1.82) is 0 Å². The van der Waals surface area contributed by atoms with Crippen LogP contribution in [0.4, 0.5) is 0 Å². The molecule has 0 unspecified atom stereocenters. The lowest BCUT2D eigenvalue weighted by atomic mass is 10.1. The summed E-state index contributed by atoms with van der Waals surface area (Å²) < 4.78 is 11.9. The summed E-state index contributed by atoms with van der Waals surface area (Å²) in [4.78, 5) is 10.7. The fraction of sp³-hybridized carbons (Fsp3) is 0.208. The highest BCUT2D eigenvalue weighted by Crippen LogP contribution is 2.27. The highest BCUT2D eigenvalue weighted by molar-refractivity contribution is 5.67. The van der Waals surface area contributed by atoms with Crippen LogP contribution >= 0.6 is 0 Å². The Labute approximate surface area is 165 Å². The standard InChI is InChI=1S/C24H24O4/c25-24(26)15-14-20-10-12-21(13-11-20)18-28-23-9-5-4-8-22(23)27-17-16-19-6-2-1-3-7-19/h1-13H,14-18H2,(H,25,26). The van der Waals surface area contributed by atoms with Gasteiger partial charge in [-0.25, -0.2) is 0 Å². The molecule has 4 nitrogen and oxygen atoms in total. The molecule has 0 radical (unpaired) electrons. The van der Waals surface area contributed by atoms with Crippen LogP contribution in [0.1, 0.15) is 23.1 Å². The van der Waals surface area contributed by atoms with Crippen molar-refractivity contribution >= 4 is 5.97 Å². The van der Waals surface area contributed by atoms with Gasteiger partial charge in [-0.1, -0.05) is 66.7 Å². The van der Waals surface area contributed by atoms with E-state index in [1.807, 2.05) is 66.7 Å².